The Labute approximate surface area is 252 Å². The number of fused-ring (bicyclic) bond motifs is 5. The van der Waals surface area contributed by atoms with Crippen molar-refractivity contribution in [3.63, 3.8) is 0 Å². The molecule has 5 N–H and O–H groups in total. The number of ether oxygens (including phenoxy) is 2. The summed E-state index contributed by atoms with van der Waals surface area (Å²) in [6.45, 7) is 8.19. The molecular formula is C34H57NO7. The second-order valence-electron chi connectivity index (χ2n) is 15.6. The summed E-state index contributed by atoms with van der Waals surface area (Å²) in [5.74, 6) is 2.55. The highest BCUT2D eigenvalue weighted by Crippen LogP contribution is 2.67. The number of aliphatic hydroxyl groups excluding tert-OH is 5. The molecule has 8 heteroatoms. The van der Waals surface area contributed by atoms with Gasteiger partial charge in [0.1, 0.15) is 24.4 Å². The van der Waals surface area contributed by atoms with Gasteiger partial charge in [-0.3, -0.25) is 0 Å². The Morgan fingerprint density at radius 1 is 1.02 bits per heavy atom. The maximum Gasteiger partial charge on any atom is 0.186 e. The predicted molar refractivity (Wildman–Crippen MR) is 159 cm³/mol. The molecule has 0 radical (unpaired) electrons. The lowest BCUT2D eigenvalue weighted by Gasteiger charge is -2.59. The first kappa shape index (κ1) is 31.4. The highest BCUT2D eigenvalue weighted by atomic mass is 16.7. The van der Waals surface area contributed by atoms with E-state index < -0.39 is 37.3 Å². The lowest BCUT2D eigenvalue weighted by atomic mass is 9.46. The minimum atomic E-state index is -1.42. The summed E-state index contributed by atoms with van der Waals surface area (Å²) in [6.07, 6.45) is 8.01. The molecule has 6 aliphatic rings. The SMILES string of the molecule is C[C@@H]([C@H]1CCCCCN1C)[C@H]1C[C@@H](O)[C@H]2[C@H]3CC=C4C[C@H](O[C@H]5O[C@@H](CO)[C@@H](O)[C@@H](O)[C@H]5O)CC[C@]4(C)[C@H]3CC[C@@]21C. The molecule has 0 bridgehead atoms. The maximum absolute atomic E-state index is 11.7. The van der Waals surface area contributed by atoms with Crippen LogP contribution in [0.4, 0.5) is 0 Å². The van der Waals surface area contributed by atoms with Crippen molar-refractivity contribution in [1.29, 1.82) is 0 Å². The van der Waals surface area contributed by atoms with Gasteiger partial charge in [0.25, 0.3) is 0 Å². The number of nitrogens with zero attached hydrogens (tertiary/aromatic N) is 1. The van der Waals surface area contributed by atoms with Gasteiger partial charge in [-0.15, -0.1) is 0 Å². The molecule has 5 fully saturated rings. The standard InChI is InChI=1S/C34H57NO7/c1-19(25-8-6-5-7-15-35(25)4)24-17-26(37)28-22-10-9-20-16-21(11-13-33(20,2)23(22)12-14-34(24,28)3)41-32-31(40)30(39)29(38)27(18-36)42-32/h9,19,21-32,36-40H,5-8,10-18H2,1-4H3/t19-,21-,22+,23+,24-,25-,26-,27+,28-,29-,30-,31-,32+,33+,34-/m1/s1. The molecule has 8 nitrogen and oxygen atoms in total. The fourth-order valence-corrected chi connectivity index (χ4v) is 11.3. The topological polar surface area (TPSA) is 123 Å². The van der Waals surface area contributed by atoms with Crippen LogP contribution in [0.15, 0.2) is 11.6 Å². The fourth-order valence-electron chi connectivity index (χ4n) is 11.3. The van der Waals surface area contributed by atoms with Gasteiger partial charge in [0.15, 0.2) is 6.29 Å². The molecular weight excluding hydrogens is 534 g/mol. The molecule has 4 aliphatic carbocycles. The molecule has 0 aromatic rings. The molecule has 0 spiro atoms. The Hall–Kier alpha value is -0.580. The Balaban J connectivity index is 1.16. The Bertz CT molecular complexity index is 991. The van der Waals surface area contributed by atoms with E-state index in [2.05, 4.69) is 38.8 Å². The van der Waals surface area contributed by atoms with Gasteiger partial charge in [-0.1, -0.05) is 45.3 Å². The van der Waals surface area contributed by atoms with E-state index in [0.717, 1.165) is 32.1 Å². The van der Waals surface area contributed by atoms with Crippen LogP contribution in [-0.2, 0) is 9.47 Å². The van der Waals surface area contributed by atoms with Crippen molar-refractivity contribution in [2.45, 2.75) is 140 Å². The third kappa shape index (κ3) is 5.14. The molecule has 2 aliphatic heterocycles. The average Bonchev–Trinajstić information content (AvgIpc) is 3.08. The maximum atomic E-state index is 11.7. The third-order valence-corrected chi connectivity index (χ3v) is 13.6. The number of rotatable bonds is 5. The van der Waals surface area contributed by atoms with Gasteiger partial charge >= 0.3 is 0 Å². The van der Waals surface area contributed by atoms with Gasteiger partial charge in [-0.2, -0.15) is 0 Å². The van der Waals surface area contributed by atoms with Crippen LogP contribution in [0.25, 0.3) is 0 Å². The summed E-state index contributed by atoms with van der Waals surface area (Å²) in [7, 11) is 2.32. The van der Waals surface area contributed by atoms with E-state index in [0.29, 0.717) is 35.6 Å². The number of allylic oxidation sites excluding steroid dienone is 1. The van der Waals surface area contributed by atoms with Gasteiger partial charge in [0, 0.05) is 6.04 Å². The Morgan fingerprint density at radius 3 is 2.57 bits per heavy atom. The van der Waals surface area contributed by atoms with Crippen LogP contribution in [0.2, 0.25) is 0 Å². The highest BCUT2D eigenvalue weighted by molar-refractivity contribution is 5.26. The fraction of sp³-hybridized carbons (Fsp3) is 0.941. The van der Waals surface area contributed by atoms with E-state index in [1.54, 1.807) is 0 Å². The summed E-state index contributed by atoms with van der Waals surface area (Å²) in [5.41, 5.74) is 1.67. The van der Waals surface area contributed by atoms with Gasteiger partial charge < -0.3 is 39.9 Å². The molecule has 2 saturated heterocycles. The van der Waals surface area contributed by atoms with E-state index in [-0.39, 0.29) is 23.0 Å². The van der Waals surface area contributed by atoms with Gasteiger partial charge in [-0.25, -0.2) is 0 Å². The van der Waals surface area contributed by atoms with Crippen LogP contribution >= 0.6 is 0 Å². The second kappa shape index (κ2) is 12.0. The van der Waals surface area contributed by atoms with Crippen LogP contribution in [0.5, 0.6) is 0 Å². The zero-order chi connectivity index (χ0) is 30.0. The quantitative estimate of drug-likeness (QED) is 0.309. The summed E-state index contributed by atoms with van der Waals surface area (Å²) in [4.78, 5) is 2.62. The van der Waals surface area contributed by atoms with Crippen molar-refractivity contribution >= 4 is 0 Å². The predicted octanol–water partition coefficient (Wildman–Crippen LogP) is 3.23. The van der Waals surface area contributed by atoms with Gasteiger partial charge in [0.2, 0.25) is 0 Å². The monoisotopic (exact) mass is 591 g/mol. The minimum absolute atomic E-state index is 0.0738. The zero-order valence-corrected chi connectivity index (χ0v) is 26.3. The molecule has 3 saturated carbocycles. The summed E-state index contributed by atoms with van der Waals surface area (Å²) in [6, 6.07) is 0.618. The number of hydrogen-bond acceptors (Lipinski definition) is 8. The van der Waals surface area contributed by atoms with Crippen LogP contribution in [0, 0.1) is 40.4 Å². The molecule has 0 amide bonds. The second-order valence-corrected chi connectivity index (χ2v) is 15.6. The lowest BCUT2D eigenvalue weighted by molar-refractivity contribution is -0.313. The molecule has 0 aromatic heterocycles. The molecule has 0 aromatic carbocycles. The van der Waals surface area contributed by atoms with E-state index in [4.69, 9.17) is 9.47 Å². The molecule has 0 unspecified atom stereocenters. The van der Waals surface area contributed by atoms with E-state index >= 15 is 0 Å². The van der Waals surface area contributed by atoms with Crippen molar-refractivity contribution in [3.8, 4) is 0 Å². The third-order valence-electron chi connectivity index (χ3n) is 13.6. The zero-order valence-electron chi connectivity index (χ0n) is 26.3. The van der Waals surface area contributed by atoms with Crippen LogP contribution in [0.3, 0.4) is 0 Å². The van der Waals surface area contributed by atoms with Crippen LogP contribution in [0.1, 0.15) is 91.4 Å². The van der Waals surface area contributed by atoms with Crippen molar-refractivity contribution in [3.05, 3.63) is 11.6 Å². The van der Waals surface area contributed by atoms with Gasteiger partial charge in [-0.05, 0) is 112 Å². The Kier molecular flexibility index (Phi) is 8.95. The first-order valence-electron chi connectivity index (χ1n) is 17.0. The summed E-state index contributed by atoms with van der Waals surface area (Å²) >= 11 is 0. The molecule has 42 heavy (non-hydrogen) atoms. The van der Waals surface area contributed by atoms with E-state index in [1.807, 2.05) is 0 Å². The van der Waals surface area contributed by atoms with Crippen molar-refractivity contribution in [1.82, 2.24) is 4.90 Å². The van der Waals surface area contributed by atoms with Crippen molar-refractivity contribution in [2.75, 3.05) is 20.2 Å². The van der Waals surface area contributed by atoms with Crippen LogP contribution in [-0.4, -0.2) is 99.6 Å². The van der Waals surface area contributed by atoms with Crippen LogP contribution < -0.4 is 0 Å². The number of aliphatic hydroxyl groups is 5. The lowest BCUT2D eigenvalue weighted by Crippen LogP contribution is -2.60. The van der Waals surface area contributed by atoms with E-state index in [9.17, 15) is 25.5 Å². The van der Waals surface area contributed by atoms with E-state index in [1.165, 1.54) is 50.6 Å². The normalized spacial score (nSPS) is 52.5. The number of hydrogen-bond donors (Lipinski definition) is 5. The molecule has 6 rings (SSSR count). The van der Waals surface area contributed by atoms with Crippen molar-refractivity contribution in [2.24, 2.45) is 40.4 Å². The Morgan fingerprint density at radius 2 is 1.81 bits per heavy atom. The summed E-state index contributed by atoms with van der Waals surface area (Å²) < 4.78 is 11.9. The molecule has 2 heterocycles. The molecule has 15 atom stereocenters. The minimum Gasteiger partial charge on any atom is -0.394 e. The van der Waals surface area contributed by atoms with Gasteiger partial charge in [0.05, 0.1) is 18.8 Å². The first-order valence-corrected chi connectivity index (χ1v) is 17.0. The smallest absolute Gasteiger partial charge is 0.186 e. The highest BCUT2D eigenvalue weighted by Gasteiger charge is 2.62. The number of likely N-dealkylation sites (tertiary alicyclic amines) is 1. The molecule has 240 valence electrons. The summed E-state index contributed by atoms with van der Waals surface area (Å²) in [5, 5.41) is 52.2. The first-order chi connectivity index (χ1) is 20.0. The largest absolute Gasteiger partial charge is 0.394 e. The average molecular weight is 592 g/mol. The van der Waals surface area contributed by atoms with Crippen molar-refractivity contribution < 1.29 is 35.0 Å².